The van der Waals surface area contributed by atoms with Crippen LogP contribution in [0.5, 0.6) is 5.75 Å². The van der Waals surface area contributed by atoms with Gasteiger partial charge in [0.25, 0.3) is 0 Å². The lowest BCUT2D eigenvalue weighted by Crippen LogP contribution is -2.27. The maximum absolute atomic E-state index is 11.8. The highest BCUT2D eigenvalue weighted by molar-refractivity contribution is 5.71. The molecule has 1 aliphatic heterocycles. The number of rotatable bonds is 7. The van der Waals surface area contributed by atoms with Crippen molar-refractivity contribution in [2.24, 2.45) is 5.41 Å². The minimum atomic E-state index is -0.409. The first-order valence-electron chi connectivity index (χ1n) is 9.44. The zero-order valence-electron chi connectivity index (χ0n) is 16.0. The lowest BCUT2D eigenvalue weighted by molar-refractivity contribution is -0.188. The van der Waals surface area contributed by atoms with E-state index in [1.54, 1.807) is 0 Å². The van der Waals surface area contributed by atoms with Crippen molar-refractivity contribution in [2.45, 2.75) is 72.0 Å². The van der Waals surface area contributed by atoms with E-state index in [4.69, 9.17) is 14.2 Å². The van der Waals surface area contributed by atoms with Gasteiger partial charge in [-0.25, -0.2) is 4.79 Å². The molecule has 0 bridgehead atoms. The largest absolute Gasteiger partial charge is 0.482 e. The Balaban J connectivity index is 1.85. The molecule has 1 aliphatic rings. The summed E-state index contributed by atoms with van der Waals surface area (Å²) in [6.07, 6.45) is 4.75. The van der Waals surface area contributed by atoms with Gasteiger partial charge in [-0.3, -0.25) is 0 Å². The van der Waals surface area contributed by atoms with Gasteiger partial charge in [0.05, 0.1) is 6.61 Å². The maximum Gasteiger partial charge on any atom is 0.346 e. The van der Waals surface area contributed by atoms with Gasteiger partial charge in [-0.15, -0.1) is 0 Å². The number of carbonyl (C=O) groups is 1. The second-order valence-electron chi connectivity index (χ2n) is 7.85. The third-order valence-electron chi connectivity index (χ3n) is 4.66. The smallest absolute Gasteiger partial charge is 0.346 e. The molecule has 2 rings (SSSR count). The lowest BCUT2D eigenvalue weighted by Gasteiger charge is -2.31. The highest BCUT2D eigenvalue weighted by Crippen LogP contribution is 2.38. The van der Waals surface area contributed by atoms with Crippen LogP contribution in [0.25, 0.3) is 0 Å². The van der Waals surface area contributed by atoms with Crippen LogP contribution in [0.3, 0.4) is 0 Å². The molecule has 1 aromatic carbocycles. The van der Waals surface area contributed by atoms with Crippen LogP contribution in [0.4, 0.5) is 0 Å². The second kappa shape index (κ2) is 9.23. The Kier molecular flexibility index (Phi) is 7.30. The minimum Gasteiger partial charge on any atom is -0.482 e. The van der Waals surface area contributed by atoms with E-state index in [1.807, 2.05) is 12.1 Å². The van der Waals surface area contributed by atoms with Crippen LogP contribution in [0, 0.1) is 5.41 Å². The van der Waals surface area contributed by atoms with Gasteiger partial charge in [0.1, 0.15) is 5.75 Å². The Morgan fingerprint density at radius 2 is 1.96 bits per heavy atom. The molecule has 25 heavy (non-hydrogen) atoms. The van der Waals surface area contributed by atoms with E-state index in [2.05, 4.69) is 39.8 Å². The van der Waals surface area contributed by atoms with E-state index < -0.39 is 6.29 Å². The van der Waals surface area contributed by atoms with Crippen molar-refractivity contribution in [1.29, 1.82) is 0 Å². The van der Waals surface area contributed by atoms with E-state index in [0.29, 0.717) is 18.3 Å². The molecule has 4 heteroatoms. The Bertz CT molecular complexity index is 524. The molecule has 2 unspecified atom stereocenters. The number of benzene rings is 1. The van der Waals surface area contributed by atoms with Crippen LogP contribution in [-0.4, -0.2) is 25.5 Å². The summed E-state index contributed by atoms with van der Waals surface area (Å²) in [5.74, 6) is 0.823. The van der Waals surface area contributed by atoms with Crippen molar-refractivity contribution in [3.8, 4) is 5.75 Å². The number of hydrogen-bond donors (Lipinski definition) is 0. The van der Waals surface area contributed by atoms with Gasteiger partial charge in [-0.05, 0) is 48.3 Å². The van der Waals surface area contributed by atoms with Gasteiger partial charge in [-0.1, -0.05) is 46.2 Å². The fraction of sp³-hybridized carbons (Fsp3) is 0.667. The van der Waals surface area contributed by atoms with Crippen molar-refractivity contribution in [2.75, 3.05) is 13.2 Å². The third kappa shape index (κ3) is 6.35. The molecule has 140 valence electrons. The average Bonchev–Trinajstić information content (AvgIpc) is 2.58. The monoisotopic (exact) mass is 348 g/mol. The van der Waals surface area contributed by atoms with E-state index in [1.165, 1.54) is 5.56 Å². The number of hydrogen-bond acceptors (Lipinski definition) is 4. The van der Waals surface area contributed by atoms with Gasteiger partial charge in [0.2, 0.25) is 6.29 Å². The normalized spacial score (nSPS) is 19.3. The van der Waals surface area contributed by atoms with Crippen molar-refractivity contribution >= 4 is 5.97 Å². The average molecular weight is 348 g/mol. The minimum absolute atomic E-state index is 0.0864. The molecule has 0 N–H and O–H groups in total. The molecule has 0 aliphatic carbocycles. The molecular formula is C21H32O4. The highest BCUT2D eigenvalue weighted by atomic mass is 16.7. The summed E-state index contributed by atoms with van der Waals surface area (Å²) < 4.78 is 16.2. The molecule has 0 aromatic heterocycles. The molecule has 1 heterocycles. The summed E-state index contributed by atoms with van der Waals surface area (Å²) in [6, 6.07) is 8.09. The third-order valence-corrected chi connectivity index (χ3v) is 4.66. The first-order chi connectivity index (χ1) is 11.9. The molecule has 0 spiro atoms. The predicted molar refractivity (Wildman–Crippen MR) is 98.7 cm³/mol. The Morgan fingerprint density at radius 1 is 1.24 bits per heavy atom. The van der Waals surface area contributed by atoms with Gasteiger partial charge < -0.3 is 14.2 Å². The molecule has 4 nitrogen and oxygen atoms in total. The molecule has 0 amide bonds. The van der Waals surface area contributed by atoms with Crippen molar-refractivity contribution < 1.29 is 19.0 Å². The van der Waals surface area contributed by atoms with Gasteiger partial charge in [-0.2, -0.15) is 0 Å². The van der Waals surface area contributed by atoms with Crippen LogP contribution < -0.4 is 4.74 Å². The van der Waals surface area contributed by atoms with Crippen LogP contribution in [0.15, 0.2) is 24.3 Å². The second-order valence-corrected chi connectivity index (χ2v) is 7.85. The Labute approximate surface area is 151 Å². The van der Waals surface area contributed by atoms with Crippen LogP contribution >= 0.6 is 0 Å². The summed E-state index contributed by atoms with van der Waals surface area (Å²) in [5, 5.41) is 0. The van der Waals surface area contributed by atoms with E-state index in [-0.39, 0.29) is 18.0 Å². The van der Waals surface area contributed by atoms with Gasteiger partial charge >= 0.3 is 5.97 Å². The highest BCUT2D eigenvalue weighted by Gasteiger charge is 2.25. The topological polar surface area (TPSA) is 44.8 Å². The molecule has 0 radical (unpaired) electrons. The maximum atomic E-state index is 11.8. The van der Waals surface area contributed by atoms with Crippen LogP contribution in [-0.2, 0) is 14.3 Å². The summed E-state index contributed by atoms with van der Waals surface area (Å²) in [7, 11) is 0. The van der Waals surface area contributed by atoms with E-state index in [0.717, 1.165) is 32.1 Å². The fourth-order valence-corrected chi connectivity index (χ4v) is 3.31. The van der Waals surface area contributed by atoms with Gasteiger partial charge in [0.15, 0.2) is 6.61 Å². The first-order valence-corrected chi connectivity index (χ1v) is 9.44. The van der Waals surface area contributed by atoms with E-state index >= 15 is 0 Å². The van der Waals surface area contributed by atoms with Crippen molar-refractivity contribution in [3.63, 3.8) is 0 Å². The van der Waals surface area contributed by atoms with Crippen molar-refractivity contribution in [1.82, 2.24) is 0 Å². The van der Waals surface area contributed by atoms with Gasteiger partial charge in [0, 0.05) is 6.42 Å². The standard InChI is InChI=1S/C21H32O4/c1-5-8-18(21(2,3)4)16-10-12-17(13-11-16)24-15-19(22)25-20-9-6-7-14-23-20/h10-13,18,20H,5-9,14-15H2,1-4H3. The lowest BCUT2D eigenvalue weighted by atomic mass is 9.74. The first kappa shape index (κ1) is 19.8. The molecule has 2 atom stereocenters. The number of esters is 1. The molecule has 0 saturated carbocycles. The molecule has 1 saturated heterocycles. The molecule has 1 aromatic rings. The van der Waals surface area contributed by atoms with Crippen molar-refractivity contribution in [3.05, 3.63) is 29.8 Å². The summed E-state index contributed by atoms with van der Waals surface area (Å²) >= 11 is 0. The number of carbonyl (C=O) groups excluding carboxylic acids is 1. The SMILES string of the molecule is CCCC(c1ccc(OCC(=O)OC2CCCCO2)cc1)C(C)(C)C. The van der Waals surface area contributed by atoms with Crippen LogP contribution in [0.1, 0.15) is 71.3 Å². The molecule has 1 fully saturated rings. The van der Waals surface area contributed by atoms with Crippen LogP contribution in [0.2, 0.25) is 0 Å². The fourth-order valence-electron chi connectivity index (χ4n) is 3.31. The predicted octanol–water partition coefficient (Wildman–Crippen LogP) is 5.07. The zero-order valence-corrected chi connectivity index (χ0v) is 16.0. The summed E-state index contributed by atoms with van der Waals surface area (Å²) in [4.78, 5) is 11.8. The molecular weight excluding hydrogens is 316 g/mol. The number of ether oxygens (including phenoxy) is 3. The quantitative estimate of drug-likeness (QED) is 0.646. The van der Waals surface area contributed by atoms with E-state index in [9.17, 15) is 4.79 Å². The Morgan fingerprint density at radius 3 is 2.52 bits per heavy atom. The Hall–Kier alpha value is -1.55. The zero-order chi connectivity index (χ0) is 18.3. The summed E-state index contributed by atoms with van der Waals surface area (Å²) in [6.45, 7) is 9.63. The summed E-state index contributed by atoms with van der Waals surface area (Å²) in [5.41, 5.74) is 1.54.